The number of anilines is 1. The minimum Gasteiger partial charge on any atom is -0.486 e. The number of hydrogen-bond acceptors (Lipinski definition) is 7. The number of diazo groups is 1. The number of hydrogen-bond donors (Lipinski definition) is 0. The van der Waals surface area contributed by atoms with Crippen molar-refractivity contribution in [2.45, 2.75) is 66.2 Å². The molecule has 0 amide bonds. The third kappa shape index (κ3) is 11.6. The van der Waals surface area contributed by atoms with E-state index < -0.39 is 0 Å². The first kappa shape index (κ1) is 28.2. The normalized spacial score (nSPS) is 11.9. The predicted molar refractivity (Wildman–Crippen MR) is 129 cm³/mol. The van der Waals surface area contributed by atoms with E-state index in [4.69, 9.17) is 14.2 Å². The van der Waals surface area contributed by atoms with Gasteiger partial charge in [-0.1, -0.05) is 27.7 Å². The van der Waals surface area contributed by atoms with Crippen molar-refractivity contribution in [3.63, 3.8) is 0 Å². The Kier molecular flexibility index (Phi) is 12.3. The van der Waals surface area contributed by atoms with E-state index in [0.717, 1.165) is 18.5 Å². The molecule has 0 radical (unpaired) electrons. The lowest BCUT2D eigenvalue weighted by molar-refractivity contribution is -0.141. The summed E-state index contributed by atoms with van der Waals surface area (Å²) in [5.74, 6) is 0.499. The molecule has 0 aliphatic rings. The zero-order valence-electron chi connectivity index (χ0n) is 21.1. The molecule has 0 aliphatic heterocycles. The SMILES string of the molecule is COC(=O)CCCN(CCCC(=O)OC)c1ccc([N+]#N)c(OCCC(C)CC(C)(C)C)c1. The zero-order valence-corrected chi connectivity index (χ0v) is 21.1. The minimum atomic E-state index is -0.257. The Hall–Kier alpha value is -2.82. The molecule has 33 heavy (non-hydrogen) atoms. The van der Waals surface area contributed by atoms with Gasteiger partial charge in [0.1, 0.15) is 0 Å². The van der Waals surface area contributed by atoms with Gasteiger partial charge in [-0.25, -0.2) is 0 Å². The largest absolute Gasteiger partial charge is 0.486 e. The highest BCUT2D eigenvalue weighted by molar-refractivity contribution is 5.70. The quantitative estimate of drug-likeness (QED) is 0.258. The van der Waals surface area contributed by atoms with Crippen LogP contribution in [0, 0.1) is 16.7 Å². The molecule has 8 nitrogen and oxygen atoms in total. The van der Waals surface area contributed by atoms with E-state index in [1.54, 1.807) is 6.07 Å². The third-order valence-corrected chi connectivity index (χ3v) is 5.32. The molecule has 0 saturated carbocycles. The van der Waals surface area contributed by atoms with Gasteiger partial charge in [0.15, 0.2) is 4.98 Å². The highest BCUT2D eigenvalue weighted by Gasteiger charge is 2.20. The minimum absolute atomic E-state index is 0.257. The lowest BCUT2D eigenvalue weighted by Crippen LogP contribution is -2.27. The highest BCUT2D eigenvalue weighted by Crippen LogP contribution is 2.33. The fourth-order valence-corrected chi connectivity index (χ4v) is 3.82. The number of benzene rings is 1. The molecular formula is C25H40N3O5+. The number of ether oxygens (including phenoxy) is 3. The lowest BCUT2D eigenvalue weighted by Gasteiger charge is -2.25. The molecule has 0 aromatic heterocycles. The molecule has 0 heterocycles. The van der Waals surface area contributed by atoms with Crippen LogP contribution in [-0.4, -0.2) is 45.9 Å². The van der Waals surface area contributed by atoms with E-state index in [1.165, 1.54) is 14.2 Å². The van der Waals surface area contributed by atoms with Gasteiger partial charge in [-0.05, 0) is 43.1 Å². The van der Waals surface area contributed by atoms with Gasteiger partial charge in [-0.3, -0.25) is 9.59 Å². The molecule has 1 aromatic carbocycles. The maximum atomic E-state index is 11.5. The van der Waals surface area contributed by atoms with Gasteiger partial charge >= 0.3 is 17.6 Å². The summed E-state index contributed by atoms with van der Waals surface area (Å²) in [5.41, 5.74) is 1.50. The Morgan fingerprint density at radius 2 is 1.64 bits per heavy atom. The second kappa shape index (κ2) is 14.4. The van der Waals surface area contributed by atoms with Crippen LogP contribution in [0.3, 0.4) is 0 Å². The molecule has 1 atom stereocenters. The van der Waals surface area contributed by atoms with Gasteiger partial charge < -0.3 is 19.1 Å². The van der Waals surface area contributed by atoms with Crippen LogP contribution in [0.15, 0.2) is 18.2 Å². The van der Waals surface area contributed by atoms with E-state index in [-0.39, 0.29) is 17.4 Å². The van der Waals surface area contributed by atoms with Crippen LogP contribution in [0.4, 0.5) is 11.4 Å². The summed E-state index contributed by atoms with van der Waals surface area (Å²) < 4.78 is 15.5. The van der Waals surface area contributed by atoms with Crippen molar-refractivity contribution in [2.24, 2.45) is 11.3 Å². The molecular weight excluding hydrogens is 422 g/mol. The summed E-state index contributed by atoms with van der Waals surface area (Å²) in [7, 11) is 2.75. The average Bonchev–Trinajstić information content (AvgIpc) is 2.76. The Labute approximate surface area is 198 Å². The molecule has 0 spiro atoms. The number of esters is 2. The summed E-state index contributed by atoms with van der Waals surface area (Å²) in [6.45, 7) is 10.6. The van der Waals surface area contributed by atoms with Crippen LogP contribution in [0.25, 0.3) is 4.98 Å². The maximum Gasteiger partial charge on any atom is 0.426 e. The highest BCUT2D eigenvalue weighted by atomic mass is 16.5. The fourth-order valence-electron chi connectivity index (χ4n) is 3.82. The van der Waals surface area contributed by atoms with Crippen LogP contribution in [0.2, 0.25) is 0 Å². The first-order chi connectivity index (χ1) is 15.6. The molecule has 0 fully saturated rings. The van der Waals surface area contributed by atoms with Gasteiger partial charge in [0.25, 0.3) is 0 Å². The standard InChI is InChI=1S/C25H40N3O5/c1-19(18-25(2,3)4)13-16-33-22-17-20(11-12-21(22)27-26)28(14-7-9-23(29)31-5)15-8-10-24(30)32-6/h11-12,17,19H,7-10,13-16,18H2,1-6H3/q+1. The van der Waals surface area contributed by atoms with E-state index in [0.29, 0.717) is 62.7 Å². The van der Waals surface area contributed by atoms with Crippen molar-refractivity contribution in [1.82, 2.24) is 0 Å². The number of methoxy groups -OCH3 is 2. The lowest BCUT2D eigenvalue weighted by atomic mass is 9.84. The van der Waals surface area contributed by atoms with Gasteiger partial charge in [0.05, 0.1) is 20.8 Å². The van der Waals surface area contributed by atoms with Crippen molar-refractivity contribution in [3.8, 4) is 5.75 Å². The first-order valence-corrected chi connectivity index (χ1v) is 11.6. The molecule has 1 rings (SSSR count). The molecule has 0 saturated heterocycles. The Morgan fingerprint density at radius 1 is 1.06 bits per heavy atom. The van der Waals surface area contributed by atoms with Gasteiger partial charge in [0, 0.05) is 43.8 Å². The molecule has 0 bridgehead atoms. The van der Waals surface area contributed by atoms with Crippen molar-refractivity contribution in [2.75, 3.05) is 38.8 Å². The summed E-state index contributed by atoms with van der Waals surface area (Å²) in [5, 5.41) is 9.40. The van der Waals surface area contributed by atoms with Crippen LogP contribution < -0.4 is 9.64 Å². The Morgan fingerprint density at radius 3 is 2.12 bits per heavy atom. The molecule has 0 aliphatic carbocycles. The van der Waals surface area contributed by atoms with Crippen molar-refractivity contribution >= 4 is 23.3 Å². The number of rotatable bonds is 14. The molecule has 1 aromatic rings. The topological polar surface area (TPSA) is 93.2 Å². The van der Waals surface area contributed by atoms with Crippen LogP contribution in [0.5, 0.6) is 5.75 Å². The third-order valence-electron chi connectivity index (χ3n) is 5.32. The second-order valence-electron chi connectivity index (χ2n) is 9.61. The van der Waals surface area contributed by atoms with Crippen molar-refractivity contribution in [3.05, 3.63) is 23.2 Å². The molecule has 8 heteroatoms. The number of carbonyl (C=O) groups is 2. The summed E-state index contributed by atoms with van der Waals surface area (Å²) in [6.07, 6.45) is 3.83. The maximum absolute atomic E-state index is 11.5. The Balaban J connectivity index is 2.89. The first-order valence-electron chi connectivity index (χ1n) is 11.6. The number of nitrogens with zero attached hydrogens (tertiary/aromatic N) is 3. The van der Waals surface area contributed by atoms with Crippen LogP contribution >= 0.6 is 0 Å². The average molecular weight is 463 g/mol. The summed E-state index contributed by atoms with van der Waals surface area (Å²) in [6, 6.07) is 5.40. The van der Waals surface area contributed by atoms with E-state index in [2.05, 4.69) is 37.6 Å². The van der Waals surface area contributed by atoms with Crippen LogP contribution in [-0.2, 0) is 19.1 Å². The molecule has 184 valence electrons. The van der Waals surface area contributed by atoms with Crippen molar-refractivity contribution in [1.29, 1.82) is 5.39 Å². The fraction of sp³-hybridized carbons (Fsp3) is 0.680. The molecule has 0 N–H and O–H groups in total. The second-order valence-corrected chi connectivity index (χ2v) is 9.61. The Bertz CT molecular complexity index is 776. The predicted octanol–water partition coefficient (Wildman–Crippen LogP) is 5.73. The van der Waals surface area contributed by atoms with Gasteiger partial charge in [-0.15, -0.1) is 0 Å². The van der Waals surface area contributed by atoms with E-state index >= 15 is 0 Å². The van der Waals surface area contributed by atoms with Gasteiger partial charge in [-0.2, -0.15) is 0 Å². The van der Waals surface area contributed by atoms with Crippen LogP contribution in [0.1, 0.15) is 66.2 Å². The molecule has 1 unspecified atom stereocenters. The summed E-state index contributed by atoms with van der Waals surface area (Å²) in [4.78, 5) is 28.5. The number of carbonyl (C=O) groups excluding carboxylic acids is 2. The van der Waals surface area contributed by atoms with E-state index in [9.17, 15) is 15.0 Å². The smallest absolute Gasteiger partial charge is 0.426 e. The summed E-state index contributed by atoms with van der Waals surface area (Å²) >= 11 is 0. The zero-order chi connectivity index (χ0) is 24.9. The monoisotopic (exact) mass is 462 g/mol. The van der Waals surface area contributed by atoms with Gasteiger partial charge in [0.2, 0.25) is 11.1 Å². The van der Waals surface area contributed by atoms with E-state index in [1.807, 2.05) is 12.1 Å². The van der Waals surface area contributed by atoms with Crippen molar-refractivity contribution < 1.29 is 23.8 Å².